The fourth-order valence-electron chi connectivity index (χ4n) is 3.11. The number of guanidine groups is 1. The SMILES string of the molecule is CN=C(NCc1ncnn1C)NCC1(C(=O)N(C)C)CCCC1.I. The summed E-state index contributed by atoms with van der Waals surface area (Å²) in [4.78, 5) is 22.7. The number of aryl methyl sites for hydroxylation is 1. The monoisotopic (exact) mass is 449 g/mol. The lowest BCUT2D eigenvalue weighted by Crippen LogP contribution is -2.49. The predicted octanol–water partition coefficient (Wildman–Crippen LogP) is 0.747. The van der Waals surface area contributed by atoms with Crippen LogP contribution in [0.2, 0.25) is 0 Å². The summed E-state index contributed by atoms with van der Waals surface area (Å²) in [5.41, 5.74) is -0.314. The molecule has 2 rings (SSSR count). The van der Waals surface area contributed by atoms with Crippen molar-refractivity contribution in [1.82, 2.24) is 30.3 Å². The number of nitrogens with one attached hydrogen (secondary N) is 2. The highest BCUT2D eigenvalue weighted by Crippen LogP contribution is 2.38. The maximum absolute atomic E-state index is 12.6. The Bertz CT molecular complexity index is 564. The molecule has 8 nitrogen and oxygen atoms in total. The van der Waals surface area contributed by atoms with Gasteiger partial charge in [0.25, 0.3) is 0 Å². The molecule has 136 valence electrons. The minimum atomic E-state index is -0.314. The van der Waals surface area contributed by atoms with E-state index in [0.717, 1.165) is 31.5 Å². The van der Waals surface area contributed by atoms with Gasteiger partial charge in [-0.1, -0.05) is 12.8 Å². The Morgan fingerprint density at radius 3 is 2.54 bits per heavy atom. The van der Waals surface area contributed by atoms with Crippen molar-refractivity contribution in [3.8, 4) is 0 Å². The van der Waals surface area contributed by atoms with Gasteiger partial charge in [-0.25, -0.2) is 4.98 Å². The number of amides is 1. The molecular weight excluding hydrogens is 421 g/mol. The van der Waals surface area contributed by atoms with E-state index in [2.05, 4.69) is 25.7 Å². The van der Waals surface area contributed by atoms with Crippen LogP contribution in [-0.4, -0.2) is 59.2 Å². The quantitative estimate of drug-likeness (QED) is 0.394. The molecule has 1 heterocycles. The van der Waals surface area contributed by atoms with Crippen molar-refractivity contribution in [2.75, 3.05) is 27.7 Å². The van der Waals surface area contributed by atoms with Crippen LogP contribution in [0.25, 0.3) is 0 Å². The molecule has 1 aromatic rings. The van der Waals surface area contributed by atoms with Gasteiger partial charge in [-0.2, -0.15) is 5.10 Å². The first-order valence-corrected chi connectivity index (χ1v) is 7.98. The van der Waals surface area contributed by atoms with Crippen LogP contribution >= 0.6 is 24.0 Å². The molecule has 1 aromatic heterocycles. The second kappa shape index (κ2) is 9.19. The van der Waals surface area contributed by atoms with Crippen molar-refractivity contribution >= 4 is 35.8 Å². The molecule has 1 aliphatic carbocycles. The van der Waals surface area contributed by atoms with Crippen molar-refractivity contribution in [2.24, 2.45) is 17.5 Å². The zero-order valence-corrected chi connectivity index (χ0v) is 17.2. The van der Waals surface area contributed by atoms with E-state index in [1.807, 2.05) is 21.1 Å². The Kier molecular flexibility index (Phi) is 7.91. The van der Waals surface area contributed by atoms with Gasteiger partial charge >= 0.3 is 0 Å². The van der Waals surface area contributed by atoms with E-state index in [1.54, 1.807) is 16.6 Å². The van der Waals surface area contributed by atoms with E-state index in [-0.39, 0.29) is 35.3 Å². The Morgan fingerprint density at radius 2 is 2.04 bits per heavy atom. The summed E-state index contributed by atoms with van der Waals surface area (Å²) in [5, 5.41) is 10.6. The minimum absolute atomic E-state index is 0. The molecule has 0 aliphatic heterocycles. The third-order valence-corrected chi connectivity index (χ3v) is 4.46. The zero-order chi connectivity index (χ0) is 16.9. The number of carbonyl (C=O) groups excluding carboxylic acids is 1. The topological polar surface area (TPSA) is 87.4 Å². The summed E-state index contributed by atoms with van der Waals surface area (Å²) in [6.45, 7) is 1.13. The Morgan fingerprint density at radius 1 is 1.38 bits per heavy atom. The Labute approximate surface area is 160 Å². The number of halogens is 1. The zero-order valence-electron chi connectivity index (χ0n) is 14.9. The molecule has 1 aliphatic rings. The van der Waals surface area contributed by atoms with Crippen LogP contribution < -0.4 is 10.6 Å². The molecule has 1 fully saturated rings. The highest BCUT2D eigenvalue weighted by Gasteiger charge is 2.42. The summed E-state index contributed by atoms with van der Waals surface area (Å²) in [6, 6.07) is 0. The first kappa shape index (κ1) is 20.7. The van der Waals surface area contributed by atoms with Gasteiger partial charge in [0.2, 0.25) is 5.91 Å². The molecule has 0 unspecified atom stereocenters. The molecule has 9 heteroatoms. The van der Waals surface area contributed by atoms with E-state index in [0.29, 0.717) is 19.0 Å². The Hall–Kier alpha value is -1.39. The first-order valence-electron chi connectivity index (χ1n) is 7.98. The van der Waals surface area contributed by atoms with Crippen molar-refractivity contribution < 1.29 is 4.79 Å². The predicted molar refractivity (Wildman–Crippen MR) is 104 cm³/mol. The van der Waals surface area contributed by atoms with E-state index in [4.69, 9.17) is 0 Å². The van der Waals surface area contributed by atoms with Crippen LogP contribution in [0.15, 0.2) is 11.3 Å². The summed E-state index contributed by atoms with van der Waals surface area (Å²) in [6.07, 6.45) is 5.59. The summed E-state index contributed by atoms with van der Waals surface area (Å²) in [5.74, 6) is 1.70. The van der Waals surface area contributed by atoms with Gasteiger partial charge in [0.1, 0.15) is 12.2 Å². The number of aromatic nitrogens is 3. The van der Waals surface area contributed by atoms with Crippen LogP contribution in [0.3, 0.4) is 0 Å². The smallest absolute Gasteiger partial charge is 0.230 e. The van der Waals surface area contributed by atoms with E-state index in [1.165, 1.54) is 6.33 Å². The Balaban J connectivity index is 0.00000288. The minimum Gasteiger partial charge on any atom is -0.355 e. The maximum atomic E-state index is 12.6. The molecule has 0 atom stereocenters. The molecule has 1 amide bonds. The van der Waals surface area contributed by atoms with Gasteiger partial charge in [-0.05, 0) is 12.8 Å². The molecule has 0 aromatic carbocycles. The van der Waals surface area contributed by atoms with Crippen molar-refractivity contribution in [1.29, 1.82) is 0 Å². The second-order valence-electron chi connectivity index (χ2n) is 6.27. The third kappa shape index (κ3) is 4.81. The highest BCUT2D eigenvalue weighted by atomic mass is 127. The second-order valence-corrected chi connectivity index (χ2v) is 6.27. The van der Waals surface area contributed by atoms with Crippen LogP contribution in [0.4, 0.5) is 0 Å². The molecule has 1 saturated carbocycles. The maximum Gasteiger partial charge on any atom is 0.230 e. The van der Waals surface area contributed by atoms with Crippen molar-refractivity contribution in [3.05, 3.63) is 12.2 Å². The van der Waals surface area contributed by atoms with Gasteiger partial charge in [-0.3, -0.25) is 14.5 Å². The normalized spacial score (nSPS) is 16.4. The number of aliphatic imine (C=N–C) groups is 1. The molecule has 2 N–H and O–H groups in total. The van der Waals surface area contributed by atoms with Gasteiger partial charge in [0, 0.05) is 34.7 Å². The van der Waals surface area contributed by atoms with E-state index < -0.39 is 0 Å². The third-order valence-electron chi connectivity index (χ3n) is 4.46. The van der Waals surface area contributed by atoms with Crippen LogP contribution in [0.5, 0.6) is 0 Å². The number of hydrogen-bond acceptors (Lipinski definition) is 4. The van der Waals surface area contributed by atoms with Crippen LogP contribution in [-0.2, 0) is 18.4 Å². The average Bonchev–Trinajstić information content (AvgIpc) is 3.17. The fraction of sp³-hybridized carbons (Fsp3) is 0.733. The van der Waals surface area contributed by atoms with Gasteiger partial charge < -0.3 is 15.5 Å². The molecule has 0 spiro atoms. The summed E-state index contributed by atoms with van der Waals surface area (Å²) < 4.78 is 1.72. The largest absolute Gasteiger partial charge is 0.355 e. The van der Waals surface area contributed by atoms with Crippen LogP contribution in [0, 0.1) is 5.41 Å². The number of rotatable bonds is 5. The number of carbonyl (C=O) groups is 1. The highest BCUT2D eigenvalue weighted by molar-refractivity contribution is 14.0. The molecule has 0 radical (unpaired) electrons. The molecular formula is C15H28IN7O. The standard InChI is InChI=1S/C15H27N7O.HI/c1-16-14(17-9-12-19-11-20-22(12)4)18-10-15(7-5-6-8-15)13(23)21(2)3;/h11H,5-10H2,1-4H3,(H2,16,17,18);1H. The summed E-state index contributed by atoms with van der Waals surface area (Å²) in [7, 11) is 7.22. The van der Waals surface area contributed by atoms with E-state index in [9.17, 15) is 4.79 Å². The number of nitrogens with zero attached hydrogens (tertiary/aromatic N) is 5. The van der Waals surface area contributed by atoms with Gasteiger partial charge in [0.15, 0.2) is 5.96 Å². The lowest BCUT2D eigenvalue weighted by Gasteiger charge is -2.31. The molecule has 0 saturated heterocycles. The van der Waals surface area contributed by atoms with Gasteiger partial charge in [-0.15, -0.1) is 24.0 Å². The van der Waals surface area contributed by atoms with Crippen molar-refractivity contribution in [2.45, 2.75) is 32.2 Å². The van der Waals surface area contributed by atoms with Crippen LogP contribution in [0.1, 0.15) is 31.5 Å². The van der Waals surface area contributed by atoms with Crippen molar-refractivity contribution in [3.63, 3.8) is 0 Å². The lowest BCUT2D eigenvalue weighted by molar-refractivity contribution is -0.138. The summed E-state index contributed by atoms with van der Waals surface area (Å²) >= 11 is 0. The number of hydrogen-bond donors (Lipinski definition) is 2. The molecule has 0 bridgehead atoms. The van der Waals surface area contributed by atoms with E-state index >= 15 is 0 Å². The average molecular weight is 449 g/mol. The first-order chi connectivity index (χ1) is 11.0. The molecule has 24 heavy (non-hydrogen) atoms. The lowest BCUT2D eigenvalue weighted by atomic mass is 9.84. The fourth-order valence-corrected chi connectivity index (χ4v) is 3.11. The van der Waals surface area contributed by atoms with Gasteiger partial charge in [0.05, 0.1) is 12.0 Å².